The molecule has 0 unspecified atom stereocenters. The minimum absolute atomic E-state index is 0.157. The Hall–Kier alpha value is -3.09. The topological polar surface area (TPSA) is 81.1 Å². The molecule has 2 heterocycles. The van der Waals surface area contributed by atoms with E-state index in [4.69, 9.17) is 4.74 Å². The molecular formula is C18H21N5O2. The minimum Gasteiger partial charge on any atom is -0.493 e. The van der Waals surface area contributed by atoms with E-state index >= 15 is 0 Å². The molecule has 0 spiro atoms. The summed E-state index contributed by atoms with van der Waals surface area (Å²) < 4.78 is 7.33. The Balaban J connectivity index is 1.78. The lowest BCUT2D eigenvalue weighted by molar-refractivity contribution is 0.249. The molecule has 2 aromatic heterocycles. The van der Waals surface area contributed by atoms with Crippen LogP contribution in [-0.4, -0.2) is 27.4 Å². The van der Waals surface area contributed by atoms with Gasteiger partial charge in [0.2, 0.25) is 0 Å². The van der Waals surface area contributed by atoms with Gasteiger partial charge < -0.3 is 15.4 Å². The average molecular weight is 339 g/mol. The van der Waals surface area contributed by atoms with Crippen molar-refractivity contribution in [1.82, 2.24) is 20.1 Å². The van der Waals surface area contributed by atoms with Crippen molar-refractivity contribution >= 4 is 22.6 Å². The molecule has 0 radical (unpaired) electrons. The molecule has 25 heavy (non-hydrogen) atoms. The zero-order chi connectivity index (χ0) is 17.8. The summed E-state index contributed by atoms with van der Waals surface area (Å²) in [5.41, 5.74) is 2.26. The van der Waals surface area contributed by atoms with Gasteiger partial charge in [0.1, 0.15) is 5.75 Å². The number of hydrogen-bond donors (Lipinski definition) is 2. The number of nitrogens with zero attached hydrogens (tertiary/aromatic N) is 3. The van der Waals surface area contributed by atoms with Gasteiger partial charge in [-0.15, -0.1) is 0 Å². The maximum Gasteiger partial charge on any atom is 0.319 e. The van der Waals surface area contributed by atoms with Crippen LogP contribution in [0.1, 0.15) is 25.5 Å². The standard InChI is InChI=1S/C18H21N5O2/c1-4-25-16-8-7-15(17-14(16)6-5-9-19-17)22-18(24)21-12(2)13-10-20-23(3)11-13/h5-12H,4H2,1-3H3,(H2,21,22,24)/t12-/m0/s1. The highest BCUT2D eigenvalue weighted by Crippen LogP contribution is 2.30. The van der Waals surface area contributed by atoms with Crippen molar-refractivity contribution < 1.29 is 9.53 Å². The number of ether oxygens (including phenoxy) is 1. The predicted octanol–water partition coefficient (Wildman–Crippen LogP) is 3.25. The molecule has 0 saturated carbocycles. The lowest BCUT2D eigenvalue weighted by Gasteiger charge is -2.15. The summed E-state index contributed by atoms with van der Waals surface area (Å²) in [5, 5.41) is 10.7. The Bertz CT molecular complexity index is 890. The molecule has 0 saturated heterocycles. The van der Waals surface area contributed by atoms with Gasteiger partial charge >= 0.3 is 6.03 Å². The normalized spacial score (nSPS) is 12.0. The van der Waals surface area contributed by atoms with E-state index in [-0.39, 0.29) is 12.1 Å². The third-order valence-electron chi connectivity index (χ3n) is 3.85. The summed E-state index contributed by atoms with van der Waals surface area (Å²) in [4.78, 5) is 16.7. The number of carbonyl (C=O) groups excluding carboxylic acids is 1. The number of aryl methyl sites for hydroxylation is 1. The molecular weight excluding hydrogens is 318 g/mol. The summed E-state index contributed by atoms with van der Waals surface area (Å²) in [7, 11) is 1.84. The highest BCUT2D eigenvalue weighted by Gasteiger charge is 2.14. The second kappa shape index (κ2) is 7.21. The number of rotatable bonds is 5. The van der Waals surface area contributed by atoms with Crippen molar-refractivity contribution in [3.63, 3.8) is 0 Å². The monoisotopic (exact) mass is 339 g/mol. The van der Waals surface area contributed by atoms with Crippen LogP contribution < -0.4 is 15.4 Å². The number of pyridine rings is 1. The maximum absolute atomic E-state index is 12.3. The van der Waals surface area contributed by atoms with Crippen molar-refractivity contribution in [2.75, 3.05) is 11.9 Å². The van der Waals surface area contributed by atoms with Crippen LogP contribution in [-0.2, 0) is 7.05 Å². The number of anilines is 1. The fourth-order valence-corrected chi connectivity index (χ4v) is 2.63. The number of urea groups is 1. The van der Waals surface area contributed by atoms with Gasteiger partial charge in [-0.2, -0.15) is 5.10 Å². The van der Waals surface area contributed by atoms with Gasteiger partial charge in [0.05, 0.1) is 30.0 Å². The molecule has 7 heteroatoms. The lowest BCUT2D eigenvalue weighted by Crippen LogP contribution is -2.31. The van der Waals surface area contributed by atoms with Crippen molar-refractivity contribution in [3.05, 3.63) is 48.4 Å². The molecule has 130 valence electrons. The van der Waals surface area contributed by atoms with E-state index in [9.17, 15) is 4.79 Å². The van der Waals surface area contributed by atoms with Crippen LogP contribution in [0.3, 0.4) is 0 Å². The van der Waals surface area contributed by atoms with E-state index in [0.717, 1.165) is 16.7 Å². The second-order valence-corrected chi connectivity index (χ2v) is 5.71. The third-order valence-corrected chi connectivity index (χ3v) is 3.85. The molecule has 0 fully saturated rings. The molecule has 0 aliphatic heterocycles. The number of aromatic nitrogens is 3. The summed E-state index contributed by atoms with van der Waals surface area (Å²) in [6, 6.07) is 6.96. The van der Waals surface area contributed by atoms with E-state index in [2.05, 4.69) is 20.7 Å². The maximum atomic E-state index is 12.3. The van der Waals surface area contributed by atoms with E-state index in [1.807, 2.05) is 45.3 Å². The minimum atomic E-state index is -0.299. The number of benzene rings is 1. The van der Waals surface area contributed by atoms with Crippen LogP contribution in [0.2, 0.25) is 0 Å². The number of nitrogens with one attached hydrogen (secondary N) is 2. The zero-order valence-electron chi connectivity index (χ0n) is 14.5. The first kappa shape index (κ1) is 16.8. The highest BCUT2D eigenvalue weighted by atomic mass is 16.5. The van der Waals surface area contributed by atoms with Gasteiger partial charge in [0, 0.05) is 30.4 Å². The summed E-state index contributed by atoms with van der Waals surface area (Å²) in [6.45, 7) is 4.41. The smallest absolute Gasteiger partial charge is 0.319 e. The van der Waals surface area contributed by atoms with Crippen molar-refractivity contribution in [3.8, 4) is 5.75 Å². The van der Waals surface area contributed by atoms with Crippen LogP contribution in [0.4, 0.5) is 10.5 Å². The Labute approximate surface area is 146 Å². The third kappa shape index (κ3) is 3.71. The Kier molecular flexibility index (Phi) is 4.83. The Morgan fingerprint density at radius 3 is 2.92 bits per heavy atom. The molecule has 0 aliphatic rings. The van der Waals surface area contributed by atoms with E-state index in [0.29, 0.717) is 17.8 Å². The first-order valence-electron chi connectivity index (χ1n) is 8.15. The summed E-state index contributed by atoms with van der Waals surface area (Å²) in [5.74, 6) is 0.750. The SMILES string of the molecule is CCOc1ccc(NC(=O)N[C@@H](C)c2cnn(C)c2)c2ncccc12. The van der Waals surface area contributed by atoms with Crippen molar-refractivity contribution in [2.24, 2.45) is 7.05 Å². The number of amides is 2. The molecule has 3 rings (SSSR count). The van der Waals surface area contributed by atoms with Gasteiger partial charge in [0.25, 0.3) is 0 Å². The van der Waals surface area contributed by atoms with E-state index in [1.165, 1.54) is 0 Å². The molecule has 3 aromatic rings. The van der Waals surface area contributed by atoms with Gasteiger partial charge in [-0.3, -0.25) is 9.67 Å². The van der Waals surface area contributed by atoms with Gasteiger partial charge in [0.15, 0.2) is 0 Å². The van der Waals surface area contributed by atoms with Crippen molar-refractivity contribution in [2.45, 2.75) is 19.9 Å². The number of fused-ring (bicyclic) bond motifs is 1. The van der Waals surface area contributed by atoms with Crippen molar-refractivity contribution in [1.29, 1.82) is 0 Å². The second-order valence-electron chi connectivity index (χ2n) is 5.71. The van der Waals surface area contributed by atoms with Crippen LogP contribution in [0.25, 0.3) is 10.9 Å². The van der Waals surface area contributed by atoms with Gasteiger partial charge in [-0.1, -0.05) is 0 Å². The molecule has 0 bridgehead atoms. The zero-order valence-corrected chi connectivity index (χ0v) is 14.5. The lowest BCUT2D eigenvalue weighted by atomic mass is 10.1. The predicted molar refractivity (Wildman–Crippen MR) is 96.7 cm³/mol. The Morgan fingerprint density at radius 1 is 1.36 bits per heavy atom. The van der Waals surface area contributed by atoms with Crippen LogP contribution in [0.5, 0.6) is 5.75 Å². The van der Waals surface area contributed by atoms with Gasteiger partial charge in [-0.25, -0.2) is 4.79 Å². The molecule has 2 N–H and O–H groups in total. The molecule has 2 amide bonds. The molecule has 0 aliphatic carbocycles. The fourth-order valence-electron chi connectivity index (χ4n) is 2.63. The first-order valence-corrected chi connectivity index (χ1v) is 8.15. The van der Waals surface area contributed by atoms with Crippen LogP contribution in [0, 0.1) is 0 Å². The highest BCUT2D eigenvalue weighted by molar-refractivity contribution is 6.01. The average Bonchev–Trinajstić information content (AvgIpc) is 3.04. The number of hydrogen-bond acceptors (Lipinski definition) is 4. The quantitative estimate of drug-likeness (QED) is 0.748. The molecule has 1 atom stereocenters. The van der Waals surface area contributed by atoms with Crippen LogP contribution >= 0.6 is 0 Å². The summed E-state index contributed by atoms with van der Waals surface area (Å²) in [6.07, 6.45) is 5.30. The Morgan fingerprint density at radius 2 is 2.20 bits per heavy atom. The molecule has 7 nitrogen and oxygen atoms in total. The van der Waals surface area contributed by atoms with E-state index in [1.54, 1.807) is 23.1 Å². The summed E-state index contributed by atoms with van der Waals surface area (Å²) >= 11 is 0. The fraction of sp³-hybridized carbons (Fsp3) is 0.278. The molecule has 1 aromatic carbocycles. The van der Waals surface area contributed by atoms with Gasteiger partial charge in [-0.05, 0) is 38.1 Å². The largest absolute Gasteiger partial charge is 0.493 e. The first-order chi connectivity index (χ1) is 12.1. The number of carbonyl (C=O) groups is 1. The van der Waals surface area contributed by atoms with Crippen LogP contribution in [0.15, 0.2) is 42.9 Å². The van der Waals surface area contributed by atoms with E-state index < -0.39 is 0 Å².